The second-order valence-electron chi connectivity index (χ2n) is 8.18. The van der Waals surface area contributed by atoms with Crippen molar-refractivity contribution in [3.8, 4) is 11.6 Å². The summed E-state index contributed by atoms with van der Waals surface area (Å²) >= 11 is 1.68. The van der Waals surface area contributed by atoms with Crippen molar-refractivity contribution in [1.29, 1.82) is 0 Å². The van der Waals surface area contributed by atoms with Crippen LogP contribution >= 0.6 is 11.3 Å². The largest absolute Gasteiger partial charge is 0.494 e. The summed E-state index contributed by atoms with van der Waals surface area (Å²) in [5.74, 6) is -0.651. The van der Waals surface area contributed by atoms with E-state index in [1.165, 1.54) is 9.44 Å². The van der Waals surface area contributed by atoms with Crippen molar-refractivity contribution in [2.75, 3.05) is 27.2 Å². The van der Waals surface area contributed by atoms with Gasteiger partial charge in [-0.3, -0.25) is 9.79 Å². The summed E-state index contributed by atoms with van der Waals surface area (Å²) in [7, 11) is 4.01. The average Bonchev–Trinajstić information content (AvgIpc) is 3.38. The third kappa shape index (κ3) is 5.03. The SMILES string of the molecule is CCOC(=O)c1ccc(-n2c(O)c(C=NC[C@@H](c3cccs3)N(C)C)c3ccccc3c2=O)cc1. The first kappa shape index (κ1) is 24.4. The Balaban J connectivity index is 1.76. The number of aromatic hydroxyl groups is 1. The zero-order valence-corrected chi connectivity index (χ0v) is 20.7. The zero-order valence-electron chi connectivity index (χ0n) is 19.8. The zero-order chi connectivity index (χ0) is 24.9. The first-order valence-electron chi connectivity index (χ1n) is 11.3. The van der Waals surface area contributed by atoms with Gasteiger partial charge < -0.3 is 14.7 Å². The Morgan fingerprint density at radius 3 is 2.46 bits per heavy atom. The molecule has 2 aromatic carbocycles. The number of nitrogens with zero attached hydrogens (tertiary/aromatic N) is 3. The van der Waals surface area contributed by atoms with Crippen molar-refractivity contribution < 1.29 is 14.6 Å². The number of carbonyl (C=O) groups excluding carboxylic acids is 1. The van der Waals surface area contributed by atoms with E-state index in [9.17, 15) is 14.7 Å². The summed E-state index contributed by atoms with van der Waals surface area (Å²) in [6, 6.07) is 17.7. The number of aromatic nitrogens is 1. The van der Waals surface area contributed by atoms with Gasteiger partial charge in [0.05, 0.1) is 36.0 Å². The number of fused-ring (bicyclic) bond motifs is 1. The summed E-state index contributed by atoms with van der Waals surface area (Å²) in [6.45, 7) is 2.51. The summed E-state index contributed by atoms with van der Waals surface area (Å²) in [5.41, 5.74) is 0.905. The number of hydrogen-bond donors (Lipinski definition) is 1. The third-order valence-electron chi connectivity index (χ3n) is 5.73. The second-order valence-corrected chi connectivity index (χ2v) is 9.16. The van der Waals surface area contributed by atoms with Crippen LogP contribution in [0.5, 0.6) is 5.88 Å². The van der Waals surface area contributed by atoms with Crippen molar-refractivity contribution in [3.63, 3.8) is 0 Å². The molecule has 0 aliphatic carbocycles. The number of carbonyl (C=O) groups is 1. The Hall–Kier alpha value is -3.75. The standard InChI is InChI=1S/C27H27N3O4S/c1-4-34-27(33)18-11-13-19(14-12-18)30-25(31)21-9-6-5-8-20(21)22(26(30)32)16-28-17-23(29(2)3)24-10-7-15-35-24/h5-16,23,32H,4,17H2,1-3H3/t23-/m0/s1. The van der Waals surface area contributed by atoms with Gasteiger partial charge in [-0.1, -0.05) is 24.3 Å². The Kier molecular flexibility index (Phi) is 7.43. The average molecular weight is 490 g/mol. The number of aliphatic imine (C=N–C) groups is 1. The second kappa shape index (κ2) is 10.7. The Labute approximate surface area is 207 Å². The smallest absolute Gasteiger partial charge is 0.338 e. The van der Waals surface area contributed by atoms with E-state index in [0.29, 0.717) is 34.1 Å². The topological polar surface area (TPSA) is 84.1 Å². The first-order chi connectivity index (χ1) is 16.9. The van der Waals surface area contributed by atoms with Crippen molar-refractivity contribution in [1.82, 2.24) is 9.47 Å². The van der Waals surface area contributed by atoms with Crippen LogP contribution in [0.25, 0.3) is 16.5 Å². The molecule has 4 rings (SSSR count). The quantitative estimate of drug-likeness (QED) is 0.288. The number of rotatable bonds is 8. The summed E-state index contributed by atoms with van der Waals surface area (Å²) in [6.07, 6.45) is 1.63. The Morgan fingerprint density at radius 2 is 1.83 bits per heavy atom. The minimum absolute atomic E-state index is 0.0981. The van der Waals surface area contributed by atoms with Crippen molar-refractivity contribution in [2.45, 2.75) is 13.0 Å². The lowest BCUT2D eigenvalue weighted by Crippen LogP contribution is -2.22. The molecule has 0 saturated heterocycles. The summed E-state index contributed by atoms with van der Waals surface area (Å²) < 4.78 is 6.27. The van der Waals surface area contributed by atoms with E-state index in [0.717, 1.165) is 0 Å². The number of pyridine rings is 1. The highest BCUT2D eigenvalue weighted by molar-refractivity contribution is 7.10. The van der Waals surface area contributed by atoms with E-state index in [1.54, 1.807) is 66.9 Å². The fraction of sp³-hybridized carbons (Fsp3) is 0.222. The van der Waals surface area contributed by atoms with Gasteiger partial charge in [0, 0.05) is 21.9 Å². The molecule has 0 saturated carbocycles. The van der Waals surface area contributed by atoms with Crippen LogP contribution in [-0.4, -0.2) is 54.0 Å². The lowest BCUT2D eigenvalue weighted by atomic mass is 10.1. The molecule has 0 amide bonds. The van der Waals surface area contributed by atoms with Crippen LogP contribution in [0.1, 0.15) is 33.8 Å². The lowest BCUT2D eigenvalue weighted by Gasteiger charge is -2.21. The number of esters is 1. The molecule has 1 N–H and O–H groups in total. The highest BCUT2D eigenvalue weighted by atomic mass is 32.1. The molecule has 2 aromatic heterocycles. The fourth-order valence-corrected chi connectivity index (χ4v) is 4.84. The fourth-order valence-electron chi connectivity index (χ4n) is 3.92. The minimum Gasteiger partial charge on any atom is -0.494 e. The molecule has 0 aliphatic heterocycles. The van der Waals surface area contributed by atoms with Gasteiger partial charge in [-0.25, -0.2) is 9.36 Å². The molecule has 8 heteroatoms. The third-order valence-corrected chi connectivity index (χ3v) is 6.71. The predicted molar refractivity (Wildman–Crippen MR) is 140 cm³/mol. The van der Waals surface area contributed by atoms with Crippen molar-refractivity contribution in [3.05, 3.63) is 92.4 Å². The van der Waals surface area contributed by atoms with E-state index < -0.39 is 5.97 Å². The minimum atomic E-state index is -0.442. The molecule has 180 valence electrons. The van der Waals surface area contributed by atoms with Crippen LogP contribution in [0.4, 0.5) is 0 Å². The van der Waals surface area contributed by atoms with E-state index in [4.69, 9.17) is 4.74 Å². The normalized spacial score (nSPS) is 12.5. The van der Waals surface area contributed by atoms with Gasteiger partial charge >= 0.3 is 5.97 Å². The van der Waals surface area contributed by atoms with Gasteiger partial charge in [-0.2, -0.15) is 0 Å². The molecule has 0 radical (unpaired) electrons. The molecule has 0 bridgehead atoms. The van der Waals surface area contributed by atoms with Gasteiger partial charge in [0.1, 0.15) is 0 Å². The molecular weight excluding hydrogens is 462 g/mol. The highest BCUT2D eigenvalue weighted by Gasteiger charge is 2.18. The monoisotopic (exact) mass is 489 g/mol. The van der Waals surface area contributed by atoms with Crippen LogP contribution in [-0.2, 0) is 4.74 Å². The molecule has 0 fully saturated rings. The van der Waals surface area contributed by atoms with E-state index >= 15 is 0 Å². The maximum atomic E-state index is 13.3. The van der Waals surface area contributed by atoms with E-state index in [2.05, 4.69) is 16.0 Å². The van der Waals surface area contributed by atoms with Crippen LogP contribution in [0.2, 0.25) is 0 Å². The van der Waals surface area contributed by atoms with Crippen LogP contribution in [0, 0.1) is 0 Å². The van der Waals surface area contributed by atoms with Crippen LogP contribution in [0.15, 0.2) is 75.8 Å². The molecule has 1 atom stereocenters. The maximum Gasteiger partial charge on any atom is 0.338 e. The van der Waals surface area contributed by atoms with Gasteiger partial charge in [-0.15, -0.1) is 11.3 Å². The Bertz CT molecular complexity index is 1410. The van der Waals surface area contributed by atoms with Crippen LogP contribution < -0.4 is 5.56 Å². The van der Waals surface area contributed by atoms with Gasteiger partial charge in [0.15, 0.2) is 0 Å². The predicted octanol–water partition coefficient (Wildman–Crippen LogP) is 4.66. The Morgan fingerprint density at radius 1 is 1.11 bits per heavy atom. The first-order valence-corrected chi connectivity index (χ1v) is 12.1. The molecule has 0 aliphatic rings. The molecule has 2 heterocycles. The van der Waals surface area contributed by atoms with E-state index in [-0.39, 0.29) is 24.1 Å². The van der Waals surface area contributed by atoms with Gasteiger partial charge in [-0.05, 0) is 62.8 Å². The maximum absolute atomic E-state index is 13.3. The number of ether oxygens (including phenoxy) is 1. The summed E-state index contributed by atoms with van der Waals surface area (Å²) in [4.78, 5) is 33.3. The molecule has 4 aromatic rings. The number of thiophene rings is 1. The van der Waals surface area contributed by atoms with Crippen molar-refractivity contribution in [2.24, 2.45) is 4.99 Å². The molecule has 0 unspecified atom stereocenters. The van der Waals surface area contributed by atoms with E-state index in [1.807, 2.05) is 31.6 Å². The number of hydrogen-bond acceptors (Lipinski definition) is 7. The lowest BCUT2D eigenvalue weighted by molar-refractivity contribution is 0.0526. The number of likely N-dealkylation sites (N-methyl/N-ethyl adjacent to an activating group) is 1. The molecule has 0 spiro atoms. The van der Waals surface area contributed by atoms with Crippen LogP contribution in [0.3, 0.4) is 0 Å². The highest BCUT2D eigenvalue weighted by Crippen LogP contribution is 2.27. The van der Waals surface area contributed by atoms with Crippen molar-refractivity contribution >= 4 is 34.3 Å². The van der Waals surface area contributed by atoms with Gasteiger partial charge in [0.25, 0.3) is 5.56 Å². The number of benzene rings is 2. The molecular formula is C27H27N3O4S. The molecule has 35 heavy (non-hydrogen) atoms. The van der Waals surface area contributed by atoms with Gasteiger partial charge in [0.2, 0.25) is 5.88 Å². The summed E-state index contributed by atoms with van der Waals surface area (Å²) in [5, 5.41) is 14.3. The molecule has 7 nitrogen and oxygen atoms in total.